The summed E-state index contributed by atoms with van der Waals surface area (Å²) in [6.45, 7) is 0. The Bertz CT molecular complexity index is 785. The summed E-state index contributed by atoms with van der Waals surface area (Å²) in [6.07, 6.45) is 15.9. The highest BCUT2D eigenvalue weighted by atomic mass is 16.2. The Morgan fingerprint density at radius 2 is 1.00 bits per heavy atom. The minimum atomic E-state index is -0.135. The monoisotopic (exact) mass is 453 g/mol. The van der Waals surface area contributed by atoms with Gasteiger partial charge in [0.1, 0.15) is 0 Å². The molecule has 0 radical (unpaired) electrons. The molecule has 0 heterocycles. The fraction of sp³-hybridized carbons (Fsp3) is 0.667. The highest BCUT2D eigenvalue weighted by Gasteiger charge is 2.24. The van der Waals surface area contributed by atoms with Crippen molar-refractivity contribution in [1.29, 1.82) is 0 Å². The molecular weight excluding hydrogens is 414 g/mol. The van der Waals surface area contributed by atoms with Gasteiger partial charge in [-0.15, -0.1) is 0 Å². The summed E-state index contributed by atoms with van der Waals surface area (Å²) in [5.41, 5.74) is 1.66. The van der Waals surface area contributed by atoms with Crippen LogP contribution in [-0.4, -0.2) is 23.8 Å². The van der Waals surface area contributed by atoms with Crippen LogP contribution in [0.5, 0.6) is 0 Å². The van der Waals surface area contributed by atoms with E-state index in [2.05, 4.69) is 16.0 Å². The van der Waals surface area contributed by atoms with Crippen molar-refractivity contribution in [3.8, 4) is 0 Å². The molecule has 180 valence electrons. The van der Waals surface area contributed by atoms with E-state index in [1.807, 2.05) is 0 Å². The highest BCUT2D eigenvalue weighted by molar-refractivity contribution is 6.01. The number of rotatable bonds is 6. The summed E-state index contributed by atoms with van der Waals surface area (Å²) < 4.78 is 0. The Balaban J connectivity index is 1.50. The van der Waals surface area contributed by atoms with Gasteiger partial charge in [0.15, 0.2) is 0 Å². The minimum Gasteiger partial charge on any atom is -0.349 e. The Kier molecular flexibility index (Phi) is 8.40. The summed E-state index contributed by atoms with van der Waals surface area (Å²) in [5.74, 6) is -0.0467. The van der Waals surface area contributed by atoms with Crippen LogP contribution in [0.15, 0.2) is 18.2 Å². The van der Waals surface area contributed by atoms with Crippen molar-refractivity contribution in [3.63, 3.8) is 0 Å². The molecule has 3 aliphatic carbocycles. The van der Waals surface area contributed by atoms with E-state index in [0.717, 1.165) is 77.0 Å². The first kappa shape index (κ1) is 23.8. The first-order chi connectivity index (χ1) is 16.1. The van der Waals surface area contributed by atoms with Crippen molar-refractivity contribution in [3.05, 3.63) is 23.8 Å². The molecule has 6 heteroatoms. The molecule has 0 aliphatic heterocycles. The molecule has 3 saturated carbocycles. The number of benzene rings is 1. The molecule has 3 amide bonds. The van der Waals surface area contributed by atoms with Crippen molar-refractivity contribution >= 4 is 29.1 Å². The molecule has 33 heavy (non-hydrogen) atoms. The summed E-state index contributed by atoms with van der Waals surface area (Å²) in [7, 11) is 0. The molecule has 6 nitrogen and oxygen atoms in total. The Hall–Kier alpha value is -2.37. The fourth-order valence-electron chi connectivity index (χ4n) is 5.64. The molecule has 1 aromatic rings. The number of hydrogen-bond acceptors (Lipinski definition) is 3. The van der Waals surface area contributed by atoms with Gasteiger partial charge in [-0.1, -0.05) is 57.8 Å². The van der Waals surface area contributed by atoms with Crippen molar-refractivity contribution in [1.82, 2.24) is 5.32 Å². The van der Waals surface area contributed by atoms with Gasteiger partial charge in [0.25, 0.3) is 5.91 Å². The van der Waals surface area contributed by atoms with Gasteiger partial charge in [-0.3, -0.25) is 14.4 Å². The summed E-state index contributed by atoms with van der Waals surface area (Å²) >= 11 is 0. The van der Waals surface area contributed by atoms with E-state index in [4.69, 9.17) is 0 Å². The van der Waals surface area contributed by atoms with Gasteiger partial charge < -0.3 is 16.0 Å². The third-order valence-electron chi connectivity index (χ3n) is 7.62. The number of hydrogen-bond donors (Lipinski definition) is 3. The average Bonchev–Trinajstić information content (AvgIpc) is 2.85. The number of carbonyl (C=O) groups is 3. The van der Waals surface area contributed by atoms with E-state index in [9.17, 15) is 14.4 Å². The third-order valence-corrected chi connectivity index (χ3v) is 7.62. The number of anilines is 2. The van der Waals surface area contributed by atoms with Crippen LogP contribution in [0.1, 0.15) is 107 Å². The van der Waals surface area contributed by atoms with Crippen LogP contribution in [0, 0.1) is 11.8 Å². The maximum atomic E-state index is 13.1. The summed E-state index contributed by atoms with van der Waals surface area (Å²) in [6, 6.07) is 5.48. The molecule has 1 aromatic carbocycles. The predicted octanol–water partition coefficient (Wildman–Crippen LogP) is 5.79. The van der Waals surface area contributed by atoms with E-state index in [0.29, 0.717) is 16.9 Å². The molecule has 0 aromatic heterocycles. The van der Waals surface area contributed by atoms with Crippen LogP contribution in [0.3, 0.4) is 0 Å². The average molecular weight is 454 g/mol. The number of amides is 3. The van der Waals surface area contributed by atoms with E-state index < -0.39 is 0 Å². The molecule has 0 atom stereocenters. The molecule has 0 saturated heterocycles. The van der Waals surface area contributed by atoms with Crippen LogP contribution in [0.4, 0.5) is 11.4 Å². The van der Waals surface area contributed by atoms with Crippen molar-refractivity contribution < 1.29 is 14.4 Å². The molecular formula is C27H39N3O3. The van der Waals surface area contributed by atoms with Gasteiger partial charge in [-0.05, 0) is 56.7 Å². The zero-order chi connectivity index (χ0) is 23.0. The molecule has 4 rings (SSSR count). The van der Waals surface area contributed by atoms with Crippen molar-refractivity contribution in [2.24, 2.45) is 11.8 Å². The van der Waals surface area contributed by atoms with Gasteiger partial charge in [0, 0.05) is 34.8 Å². The van der Waals surface area contributed by atoms with E-state index in [1.165, 1.54) is 19.3 Å². The van der Waals surface area contributed by atoms with Crippen LogP contribution in [-0.2, 0) is 9.59 Å². The van der Waals surface area contributed by atoms with E-state index in [1.54, 1.807) is 18.2 Å². The Labute approximate surface area is 197 Å². The van der Waals surface area contributed by atoms with Gasteiger partial charge in [0.05, 0.1) is 0 Å². The molecule has 3 N–H and O–H groups in total. The number of carbonyl (C=O) groups excluding carboxylic acids is 3. The van der Waals surface area contributed by atoms with Crippen molar-refractivity contribution in [2.45, 2.75) is 102 Å². The second-order valence-electron chi connectivity index (χ2n) is 10.3. The molecule has 0 bridgehead atoms. The SMILES string of the molecule is O=C(NC1CCCCC1)c1cc(NC(=O)C2CCCCC2)cc(NC(=O)C2CCCCC2)c1. The topological polar surface area (TPSA) is 87.3 Å². The number of nitrogens with one attached hydrogen (secondary N) is 3. The molecule has 3 fully saturated rings. The largest absolute Gasteiger partial charge is 0.349 e. The highest BCUT2D eigenvalue weighted by Crippen LogP contribution is 2.28. The molecule has 3 aliphatic rings. The van der Waals surface area contributed by atoms with Crippen LogP contribution in [0.25, 0.3) is 0 Å². The second-order valence-corrected chi connectivity index (χ2v) is 10.3. The Morgan fingerprint density at radius 1 is 0.576 bits per heavy atom. The maximum absolute atomic E-state index is 13.1. The normalized spacial score (nSPS) is 20.7. The standard InChI is InChI=1S/C27H39N3O3/c31-25(19-10-4-1-5-11-19)29-23-16-21(27(33)28-22-14-8-3-9-15-22)17-24(18-23)30-26(32)20-12-6-2-7-13-20/h16-20,22H,1-15H2,(H,28,33)(H,29,31)(H,30,32). The summed E-state index contributed by atoms with van der Waals surface area (Å²) in [4.78, 5) is 38.8. The quantitative estimate of drug-likeness (QED) is 0.510. The fourth-order valence-corrected chi connectivity index (χ4v) is 5.64. The zero-order valence-electron chi connectivity index (χ0n) is 19.8. The lowest BCUT2D eigenvalue weighted by Gasteiger charge is -2.24. The third kappa shape index (κ3) is 6.81. The predicted molar refractivity (Wildman–Crippen MR) is 131 cm³/mol. The zero-order valence-corrected chi connectivity index (χ0v) is 19.8. The van der Waals surface area contributed by atoms with Crippen LogP contribution in [0.2, 0.25) is 0 Å². The lowest BCUT2D eigenvalue weighted by atomic mass is 9.88. The lowest BCUT2D eigenvalue weighted by Crippen LogP contribution is -2.36. The van der Waals surface area contributed by atoms with Crippen LogP contribution < -0.4 is 16.0 Å². The first-order valence-electron chi connectivity index (χ1n) is 13.2. The first-order valence-corrected chi connectivity index (χ1v) is 13.2. The smallest absolute Gasteiger partial charge is 0.251 e. The summed E-state index contributed by atoms with van der Waals surface area (Å²) in [5, 5.41) is 9.23. The van der Waals surface area contributed by atoms with Gasteiger partial charge >= 0.3 is 0 Å². The van der Waals surface area contributed by atoms with Crippen molar-refractivity contribution in [2.75, 3.05) is 10.6 Å². The lowest BCUT2D eigenvalue weighted by molar-refractivity contribution is -0.121. The molecule has 0 spiro atoms. The van der Waals surface area contributed by atoms with E-state index in [-0.39, 0.29) is 35.6 Å². The Morgan fingerprint density at radius 3 is 1.45 bits per heavy atom. The van der Waals surface area contributed by atoms with Gasteiger partial charge in [-0.2, -0.15) is 0 Å². The minimum absolute atomic E-state index is 0.0177. The van der Waals surface area contributed by atoms with Gasteiger partial charge in [-0.25, -0.2) is 0 Å². The molecule has 0 unspecified atom stereocenters. The van der Waals surface area contributed by atoms with Crippen LogP contribution >= 0.6 is 0 Å². The maximum Gasteiger partial charge on any atom is 0.251 e. The second kappa shape index (κ2) is 11.7. The van der Waals surface area contributed by atoms with E-state index >= 15 is 0 Å². The van der Waals surface area contributed by atoms with Gasteiger partial charge in [0.2, 0.25) is 11.8 Å².